The summed E-state index contributed by atoms with van der Waals surface area (Å²) >= 11 is 1.15. The second-order valence-corrected chi connectivity index (χ2v) is 9.90. The van der Waals surface area contributed by atoms with Gasteiger partial charge >= 0.3 is 6.18 Å². The van der Waals surface area contributed by atoms with Gasteiger partial charge in [-0.1, -0.05) is 17.3 Å². The molecule has 0 saturated heterocycles. The van der Waals surface area contributed by atoms with Crippen molar-refractivity contribution < 1.29 is 27.2 Å². The van der Waals surface area contributed by atoms with Gasteiger partial charge < -0.3 is 9.63 Å². The number of nitrogens with zero attached hydrogens (tertiary/aromatic N) is 3. The number of aromatic nitrogens is 3. The van der Waals surface area contributed by atoms with Crippen LogP contribution in [-0.2, 0) is 12.7 Å². The number of fused-ring (bicyclic) bond motifs is 3. The molecule has 1 aliphatic carbocycles. The first-order valence-corrected chi connectivity index (χ1v) is 11.9. The van der Waals surface area contributed by atoms with Gasteiger partial charge in [-0.05, 0) is 55.0 Å². The third-order valence-electron chi connectivity index (χ3n) is 6.37. The molecule has 0 bridgehead atoms. The number of phenols is 1. The smallest absolute Gasteiger partial charge is 0.436 e. The van der Waals surface area contributed by atoms with Crippen molar-refractivity contribution in [2.24, 2.45) is 0 Å². The Balaban J connectivity index is 1.64. The minimum atomic E-state index is -4.70. The fraction of sp³-hybridized carbons (Fsp3) is 0.240. The van der Waals surface area contributed by atoms with Crippen LogP contribution in [-0.4, -0.2) is 19.8 Å². The molecule has 6 rings (SSSR count). The zero-order valence-electron chi connectivity index (χ0n) is 18.7. The van der Waals surface area contributed by atoms with Crippen LogP contribution in [0.1, 0.15) is 41.3 Å². The first-order chi connectivity index (χ1) is 17.1. The third-order valence-corrected chi connectivity index (χ3v) is 7.48. The topological polar surface area (TPSA) is 81.2 Å². The number of benzene rings is 2. The number of halogens is 4. The SMILES string of the molecule is Cc1ccc2c(sc3nc(-c4ccc(F)cc4C4CC4)n(Cc4cc(C(F)(F)F)no4)c(=O)c32)c1O. The van der Waals surface area contributed by atoms with E-state index in [1.165, 1.54) is 22.8 Å². The fourth-order valence-corrected chi connectivity index (χ4v) is 5.57. The maximum atomic E-state index is 14.1. The minimum absolute atomic E-state index is 0.0357. The molecular formula is C25H17F4N3O3S. The average molecular weight is 515 g/mol. The van der Waals surface area contributed by atoms with E-state index in [0.29, 0.717) is 31.6 Å². The molecule has 0 spiro atoms. The largest absolute Gasteiger partial charge is 0.506 e. The predicted octanol–water partition coefficient (Wildman–Crippen LogP) is 6.36. The monoisotopic (exact) mass is 515 g/mol. The second-order valence-electron chi connectivity index (χ2n) is 8.90. The number of aromatic hydroxyl groups is 1. The van der Waals surface area contributed by atoms with Gasteiger partial charge in [0.1, 0.15) is 22.2 Å². The van der Waals surface area contributed by atoms with Crippen LogP contribution < -0.4 is 5.56 Å². The molecule has 0 radical (unpaired) electrons. The van der Waals surface area contributed by atoms with Crippen molar-refractivity contribution in [1.29, 1.82) is 0 Å². The van der Waals surface area contributed by atoms with E-state index in [1.54, 1.807) is 19.1 Å². The molecule has 2 aromatic carbocycles. The maximum Gasteiger partial charge on any atom is 0.436 e. The van der Waals surface area contributed by atoms with Crippen LogP contribution in [0, 0.1) is 12.7 Å². The number of phenolic OH excluding ortho intramolecular Hbond substituents is 1. The van der Waals surface area contributed by atoms with E-state index in [9.17, 15) is 27.5 Å². The fourth-order valence-electron chi connectivity index (χ4n) is 4.40. The first-order valence-electron chi connectivity index (χ1n) is 11.1. The van der Waals surface area contributed by atoms with Crippen LogP contribution in [0.2, 0.25) is 0 Å². The zero-order chi connectivity index (χ0) is 25.4. The molecule has 3 heterocycles. The van der Waals surface area contributed by atoms with E-state index >= 15 is 0 Å². The minimum Gasteiger partial charge on any atom is -0.506 e. The van der Waals surface area contributed by atoms with Crippen LogP contribution in [0.5, 0.6) is 5.75 Å². The van der Waals surface area contributed by atoms with Crippen LogP contribution in [0.3, 0.4) is 0 Å². The highest BCUT2D eigenvalue weighted by atomic mass is 32.1. The van der Waals surface area contributed by atoms with Gasteiger partial charge in [-0.2, -0.15) is 13.2 Å². The molecule has 11 heteroatoms. The number of aryl methyl sites for hydroxylation is 1. The summed E-state index contributed by atoms with van der Waals surface area (Å²) in [6.45, 7) is 1.37. The Bertz CT molecular complexity index is 1730. The van der Waals surface area contributed by atoms with E-state index in [0.717, 1.165) is 30.2 Å². The Hall–Kier alpha value is -3.73. The van der Waals surface area contributed by atoms with E-state index in [2.05, 4.69) is 5.16 Å². The lowest BCUT2D eigenvalue weighted by Crippen LogP contribution is -2.24. The average Bonchev–Trinajstić information content (AvgIpc) is 3.43. The highest BCUT2D eigenvalue weighted by molar-refractivity contribution is 7.25. The van der Waals surface area contributed by atoms with E-state index in [4.69, 9.17) is 9.51 Å². The number of thiophene rings is 1. The third kappa shape index (κ3) is 3.65. The summed E-state index contributed by atoms with van der Waals surface area (Å²) in [6.07, 6.45) is -2.99. The van der Waals surface area contributed by atoms with Crippen molar-refractivity contribution in [1.82, 2.24) is 14.7 Å². The lowest BCUT2D eigenvalue weighted by molar-refractivity contribution is -0.142. The number of rotatable bonds is 4. The molecule has 1 fully saturated rings. The predicted molar refractivity (Wildman–Crippen MR) is 126 cm³/mol. The lowest BCUT2D eigenvalue weighted by Gasteiger charge is -2.14. The molecule has 1 N–H and O–H groups in total. The molecule has 0 unspecified atom stereocenters. The molecule has 1 saturated carbocycles. The van der Waals surface area contributed by atoms with Gasteiger partial charge in [0.2, 0.25) is 0 Å². The van der Waals surface area contributed by atoms with Crippen molar-refractivity contribution in [3.63, 3.8) is 0 Å². The highest BCUT2D eigenvalue weighted by Crippen LogP contribution is 2.45. The summed E-state index contributed by atoms with van der Waals surface area (Å²) in [4.78, 5) is 18.9. The van der Waals surface area contributed by atoms with Gasteiger partial charge in [-0.3, -0.25) is 9.36 Å². The van der Waals surface area contributed by atoms with Gasteiger partial charge in [0, 0.05) is 17.0 Å². The van der Waals surface area contributed by atoms with E-state index in [1.807, 2.05) is 0 Å². The van der Waals surface area contributed by atoms with Crippen molar-refractivity contribution in [2.45, 2.75) is 38.4 Å². The summed E-state index contributed by atoms with van der Waals surface area (Å²) < 4.78 is 60.0. The molecule has 0 atom stereocenters. The molecule has 5 aromatic rings. The lowest BCUT2D eigenvalue weighted by atomic mass is 10.0. The Kier molecular flexibility index (Phi) is 4.98. The number of hydrogen-bond acceptors (Lipinski definition) is 6. The Morgan fingerprint density at radius 3 is 2.67 bits per heavy atom. The molecule has 6 nitrogen and oxygen atoms in total. The van der Waals surface area contributed by atoms with Crippen molar-refractivity contribution >= 4 is 31.6 Å². The van der Waals surface area contributed by atoms with Crippen LogP contribution in [0.25, 0.3) is 31.7 Å². The standard InChI is InChI=1S/C25H17F4N3O3S/c1-11-2-6-16-19-23(36-21(16)20(11)33)30-22(15-7-5-13(26)8-17(15)12-3-4-12)32(24(19)34)10-14-9-18(31-35-14)25(27,28)29/h2,5-9,12,33H,3-4,10H2,1H3. The van der Waals surface area contributed by atoms with Crippen molar-refractivity contribution in [3.05, 3.63) is 75.2 Å². The quantitative estimate of drug-likeness (QED) is 0.282. The Morgan fingerprint density at radius 2 is 1.97 bits per heavy atom. The van der Waals surface area contributed by atoms with Gasteiger partial charge in [-0.25, -0.2) is 9.37 Å². The van der Waals surface area contributed by atoms with Gasteiger partial charge in [0.15, 0.2) is 11.5 Å². The molecule has 0 amide bonds. The Morgan fingerprint density at radius 1 is 1.19 bits per heavy atom. The van der Waals surface area contributed by atoms with Crippen molar-refractivity contribution in [3.8, 4) is 17.1 Å². The van der Waals surface area contributed by atoms with Gasteiger partial charge in [0.05, 0.1) is 16.6 Å². The molecule has 0 aliphatic heterocycles. The van der Waals surface area contributed by atoms with Gasteiger partial charge in [0.25, 0.3) is 5.56 Å². The normalized spacial score (nSPS) is 14.2. The van der Waals surface area contributed by atoms with Crippen LogP contribution in [0.15, 0.2) is 45.7 Å². The number of alkyl halides is 3. The number of hydrogen-bond donors (Lipinski definition) is 1. The zero-order valence-corrected chi connectivity index (χ0v) is 19.5. The van der Waals surface area contributed by atoms with Crippen molar-refractivity contribution in [2.75, 3.05) is 0 Å². The summed E-state index contributed by atoms with van der Waals surface area (Å²) in [6, 6.07) is 8.33. The van der Waals surface area contributed by atoms with Crippen LogP contribution in [0.4, 0.5) is 17.6 Å². The summed E-state index contributed by atoms with van der Waals surface area (Å²) in [5, 5.41) is 14.4. The molecule has 36 heavy (non-hydrogen) atoms. The highest BCUT2D eigenvalue weighted by Gasteiger charge is 2.35. The van der Waals surface area contributed by atoms with E-state index < -0.39 is 23.2 Å². The van der Waals surface area contributed by atoms with Crippen LogP contribution >= 0.6 is 11.3 Å². The van der Waals surface area contributed by atoms with E-state index in [-0.39, 0.29) is 35.2 Å². The molecule has 3 aromatic heterocycles. The molecule has 1 aliphatic rings. The summed E-state index contributed by atoms with van der Waals surface area (Å²) in [5.41, 5.74) is 0.115. The summed E-state index contributed by atoms with van der Waals surface area (Å²) in [7, 11) is 0. The summed E-state index contributed by atoms with van der Waals surface area (Å²) in [5.74, 6) is -0.285. The second kappa shape index (κ2) is 7.89. The maximum absolute atomic E-state index is 14.1. The molecule has 184 valence electrons. The Labute approximate surface area is 204 Å². The molecular weight excluding hydrogens is 498 g/mol. The first kappa shape index (κ1) is 22.7. The van der Waals surface area contributed by atoms with Gasteiger partial charge in [-0.15, -0.1) is 11.3 Å².